The lowest BCUT2D eigenvalue weighted by Gasteiger charge is -2.17. The van der Waals surface area contributed by atoms with E-state index in [1.54, 1.807) is 0 Å². The van der Waals surface area contributed by atoms with Gasteiger partial charge >= 0.3 is 6.09 Å². The molecule has 1 heterocycles. The first kappa shape index (κ1) is 20.8. The number of guanidine groups is 1. The highest BCUT2D eigenvalue weighted by molar-refractivity contribution is 7.11. The molecule has 0 aliphatic heterocycles. The number of amides is 1. The highest BCUT2D eigenvalue weighted by Crippen LogP contribution is 2.16. The monoisotopic (exact) mass is 388 g/mol. The van der Waals surface area contributed by atoms with Crippen molar-refractivity contribution in [3.8, 4) is 0 Å². The second-order valence-corrected chi connectivity index (χ2v) is 7.64. The van der Waals surface area contributed by atoms with Crippen LogP contribution in [-0.2, 0) is 17.7 Å². The van der Waals surface area contributed by atoms with E-state index >= 15 is 0 Å². The average molecular weight is 389 g/mol. The van der Waals surface area contributed by atoms with Gasteiger partial charge in [0.25, 0.3) is 0 Å². The molecule has 0 radical (unpaired) electrons. The Hall–Kier alpha value is -2.54. The number of benzene rings is 1. The molecule has 0 aliphatic carbocycles. The highest BCUT2D eigenvalue weighted by Gasteiger charge is 2.08. The third-order valence-corrected chi connectivity index (χ3v) is 4.86. The molecule has 27 heavy (non-hydrogen) atoms. The van der Waals surface area contributed by atoms with E-state index in [4.69, 9.17) is 0 Å². The average Bonchev–Trinajstić information content (AvgIpc) is 3.05. The molecule has 0 spiro atoms. The van der Waals surface area contributed by atoms with Crippen molar-refractivity contribution in [2.75, 3.05) is 19.0 Å². The van der Waals surface area contributed by atoms with Crippen LogP contribution in [0, 0.1) is 6.92 Å². The van der Waals surface area contributed by atoms with Gasteiger partial charge in [0.15, 0.2) is 5.96 Å². The summed E-state index contributed by atoms with van der Waals surface area (Å²) in [6.45, 7) is 7.70. The number of anilines is 1. The molecule has 1 aromatic heterocycles. The van der Waals surface area contributed by atoms with Gasteiger partial charge in [0, 0.05) is 34.4 Å². The van der Waals surface area contributed by atoms with Crippen molar-refractivity contribution in [3.05, 3.63) is 51.7 Å². The molecular formula is C20H28N4O2S. The van der Waals surface area contributed by atoms with E-state index < -0.39 is 6.09 Å². The zero-order chi connectivity index (χ0) is 19.6. The Morgan fingerprint density at radius 1 is 1.22 bits per heavy atom. The first-order chi connectivity index (χ1) is 13.0. The first-order valence-electron chi connectivity index (χ1n) is 9.04. The number of ether oxygens (including phenoxy) is 1. The molecule has 2 aromatic rings. The number of thiophene rings is 1. The summed E-state index contributed by atoms with van der Waals surface area (Å²) in [5, 5.41) is 9.39. The lowest BCUT2D eigenvalue weighted by atomic mass is 10.2. The quantitative estimate of drug-likeness (QED) is 0.496. The summed E-state index contributed by atoms with van der Waals surface area (Å²) in [5.74, 6) is 0.801. The van der Waals surface area contributed by atoms with Gasteiger partial charge in [0.2, 0.25) is 0 Å². The summed E-state index contributed by atoms with van der Waals surface area (Å²) < 4.78 is 4.58. The maximum absolute atomic E-state index is 11.2. The topological polar surface area (TPSA) is 74.8 Å². The molecule has 1 atom stereocenters. The van der Waals surface area contributed by atoms with Crippen LogP contribution < -0.4 is 16.0 Å². The smallest absolute Gasteiger partial charge is 0.411 e. The van der Waals surface area contributed by atoms with E-state index in [0.29, 0.717) is 12.2 Å². The zero-order valence-corrected chi connectivity index (χ0v) is 17.2. The van der Waals surface area contributed by atoms with E-state index in [1.807, 2.05) is 35.6 Å². The maximum Gasteiger partial charge on any atom is 0.411 e. The molecule has 0 bridgehead atoms. The van der Waals surface area contributed by atoms with Gasteiger partial charge in [-0.1, -0.05) is 12.1 Å². The predicted molar refractivity (Wildman–Crippen MR) is 113 cm³/mol. The van der Waals surface area contributed by atoms with Gasteiger partial charge in [-0.25, -0.2) is 9.79 Å². The highest BCUT2D eigenvalue weighted by atomic mass is 32.1. The van der Waals surface area contributed by atoms with Gasteiger partial charge in [-0.3, -0.25) is 5.32 Å². The molecule has 2 rings (SSSR count). The fraction of sp³-hybridized carbons (Fsp3) is 0.400. The Labute approximate surface area is 165 Å². The summed E-state index contributed by atoms with van der Waals surface area (Å²) in [4.78, 5) is 18.6. The maximum atomic E-state index is 11.2. The summed E-state index contributed by atoms with van der Waals surface area (Å²) in [6, 6.07) is 12.2. The Balaban J connectivity index is 1.92. The molecule has 6 nitrogen and oxygen atoms in total. The number of rotatable bonds is 7. The molecule has 146 valence electrons. The van der Waals surface area contributed by atoms with Crippen LogP contribution in [0.25, 0.3) is 0 Å². The molecular weight excluding hydrogens is 360 g/mol. The first-order valence-corrected chi connectivity index (χ1v) is 9.86. The SMILES string of the molecule is CCNC(=NCc1ccc(NC(=O)OC)cc1)NC(C)Cc1ccc(C)s1. The van der Waals surface area contributed by atoms with Crippen LogP contribution in [0.1, 0.15) is 29.2 Å². The van der Waals surface area contributed by atoms with Gasteiger partial charge < -0.3 is 15.4 Å². The van der Waals surface area contributed by atoms with Crippen LogP contribution in [0.15, 0.2) is 41.4 Å². The summed E-state index contributed by atoms with van der Waals surface area (Å²) in [7, 11) is 1.34. The molecule has 1 unspecified atom stereocenters. The van der Waals surface area contributed by atoms with Crippen LogP contribution in [-0.4, -0.2) is 31.7 Å². The number of methoxy groups -OCH3 is 1. The van der Waals surface area contributed by atoms with Crippen molar-refractivity contribution >= 4 is 29.1 Å². The minimum Gasteiger partial charge on any atom is -0.453 e. The van der Waals surface area contributed by atoms with E-state index in [2.05, 4.69) is 58.6 Å². The number of aryl methyl sites for hydroxylation is 1. The van der Waals surface area contributed by atoms with Crippen molar-refractivity contribution in [1.82, 2.24) is 10.6 Å². The summed E-state index contributed by atoms with van der Waals surface area (Å²) in [5.41, 5.74) is 1.75. The van der Waals surface area contributed by atoms with Crippen molar-refractivity contribution < 1.29 is 9.53 Å². The second kappa shape index (κ2) is 10.6. The van der Waals surface area contributed by atoms with E-state index in [1.165, 1.54) is 16.9 Å². The van der Waals surface area contributed by atoms with Gasteiger partial charge in [0.05, 0.1) is 13.7 Å². The van der Waals surface area contributed by atoms with E-state index in [9.17, 15) is 4.79 Å². The van der Waals surface area contributed by atoms with Crippen molar-refractivity contribution in [2.45, 2.75) is 39.8 Å². The van der Waals surface area contributed by atoms with Crippen LogP contribution in [0.3, 0.4) is 0 Å². The van der Waals surface area contributed by atoms with E-state index in [-0.39, 0.29) is 6.04 Å². The Morgan fingerprint density at radius 3 is 2.56 bits per heavy atom. The Kier molecular flexibility index (Phi) is 8.13. The largest absolute Gasteiger partial charge is 0.453 e. The summed E-state index contributed by atoms with van der Waals surface area (Å²) in [6.07, 6.45) is 0.492. The number of aliphatic imine (C=N–C) groups is 1. The van der Waals surface area contributed by atoms with Crippen LogP contribution >= 0.6 is 11.3 Å². The number of hydrogen-bond acceptors (Lipinski definition) is 4. The minimum atomic E-state index is -0.477. The Bertz CT molecular complexity index is 756. The molecule has 3 N–H and O–H groups in total. The molecule has 1 amide bonds. The van der Waals surface area contributed by atoms with Crippen LogP contribution in [0.2, 0.25) is 0 Å². The number of hydrogen-bond donors (Lipinski definition) is 3. The molecule has 1 aromatic carbocycles. The van der Waals surface area contributed by atoms with Gasteiger partial charge in [-0.2, -0.15) is 0 Å². The van der Waals surface area contributed by atoms with Crippen molar-refractivity contribution in [2.24, 2.45) is 4.99 Å². The molecule has 7 heteroatoms. The van der Waals surface area contributed by atoms with Crippen molar-refractivity contribution in [3.63, 3.8) is 0 Å². The van der Waals surface area contributed by atoms with E-state index in [0.717, 1.165) is 24.5 Å². The lowest BCUT2D eigenvalue weighted by Crippen LogP contribution is -2.43. The fourth-order valence-electron chi connectivity index (χ4n) is 2.53. The fourth-order valence-corrected chi connectivity index (χ4v) is 3.55. The number of nitrogens with one attached hydrogen (secondary N) is 3. The lowest BCUT2D eigenvalue weighted by molar-refractivity contribution is 0.187. The van der Waals surface area contributed by atoms with Gasteiger partial charge in [-0.05, 0) is 50.6 Å². The molecule has 0 aliphatic rings. The van der Waals surface area contributed by atoms with Gasteiger partial charge in [-0.15, -0.1) is 11.3 Å². The summed E-state index contributed by atoms with van der Waals surface area (Å²) >= 11 is 1.83. The molecule has 0 saturated heterocycles. The normalized spacial score (nSPS) is 12.4. The second-order valence-electron chi connectivity index (χ2n) is 6.27. The standard InChI is InChI=1S/C20H28N4O2S/c1-5-21-19(23-14(2)12-18-11-6-15(3)27-18)22-13-16-7-9-17(10-8-16)24-20(25)26-4/h6-11,14H,5,12-13H2,1-4H3,(H,24,25)(H2,21,22,23). The van der Waals surface area contributed by atoms with Crippen molar-refractivity contribution in [1.29, 1.82) is 0 Å². The predicted octanol–water partition coefficient (Wildman–Crippen LogP) is 3.92. The minimum absolute atomic E-state index is 0.285. The van der Waals surface area contributed by atoms with Gasteiger partial charge in [0.1, 0.15) is 0 Å². The molecule has 0 saturated carbocycles. The third kappa shape index (κ3) is 7.30. The third-order valence-electron chi connectivity index (χ3n) is 3.84. The molecule has 0 fully saturated rings. The van der Waals surface area contributed by atoms with Crippen LogP contribution in [0.5, 0.6) is 0 Å². The number of carbonyl (C=O) groups excluding carboxylic acids is 1. The van der Waals surface area contributed by atoms with Crippen LogP contribution in [0.4, 0.5) is 10.5 Å². The zero-order valence-electron chi connectivity index (χ0n) is 16.3. The Morgan fingerprint density at radius 2 is 1.96 bits per heavy atom. The number of nitrogens with zero attached hydrogens (tertiary/aromatic N) is 1. The number of carbonyl (C=O) groups is 1.